The Morgan fingerprint density at radius 3 is 2.82 bits per heavy atom. The first-order chi connectivity index (χ1) is 10.2. The van der Waals surface area contributed by atoms with Crippen LogP contribution in [0.1, 0.15) is 12.5 Å². The molecule has 0 saturated heterocycles. The maximum absolute atomic E-state index is 14.3. The normalized spacial score (nSPS) is 16.9. The van der Waals surface area contributed by atoms with Crippen LogP contribution in [0.15, 0.2) is 40.2 Å². The number of amidine groups is 1. The second kappa shape index (κ2) is 5.56. The van der Waals surface area contributed by atoms with E-state index >= 15 is 0 Å². The summed E-state index contributed by atoms with van der Waals surface area (Å²) in [7, 11) is 0. The van der Waals surface area contributed by atoms with E-state index in [1.54, 1.807) is 23.9 Å². The highest BCUT2D eigenvalue weighted by atomic mass is 35.5. The van der Waals surface area contributed by atoms with E-state index in [0.29, 0.717) is 10.8 Å². The number of thioether (sulfide) groups is 1. The molecule has 0 radical (unpaired) electrons. The maximum Gasteiger partial charge on any atom is 0.168 e. The molecule has 0 amide bonds. The van der Waals surface area contributed by atoms with Gasteiger partial charge < -0.3 is 4.90 Å². The first-order valence-corrected chi connectivity index (χ1v) is 7.56. The summed E-state index contributed by atoms with van der Waals surface area (Å²) >= 11 is 1.60. The van der Waals surface area contributed by atoms with Gasteiger partial charge in [-0.2, -0.15) is 0 Å². The van der Waals surface area contributed by atoms with Gasteiger partial charge >= 0.3 is 0 Å². The molecule has 0 unspecified atom stereocenters. The Labute approximate surface area is 137 Å². The average Bonchev–Trinajstić information content (AvgIpc) is 3.02. The third-order valence-electron chi connectivity index (χ3n) is 3.84. The van der Waals surface area contributed by atoms with Crippen molar-refractivity contribution in [1.82, 2.24) is 4.90 Å². The highest BCUT2D eigenvalue weighted by Crippen LogP contribution is 2.43. The number of rotatable bonds is 1. The minimum absolute atomic E-state index is 0. The first kappa shape index (κ1) is 15.3. The van der Waals surface area contributed by atoms with Crippen LogP contribution in [-0.2, 0) is 0 Å². The summed E-state index contributed by atoms with van der Waals surface area (Å²) in [6.45, 7) is 3.54. The summed E-state index contributed by atoms with van der Waals surface area (Å²) in [5.41, 5.74) is 1.69. The summed E-state index contributed by atoms with van der Waals surface area (Å²) < 4.78 is 28.0. The lowest BCUT2D eigenvalue weighted by atomic mass is 10.0. The van der Waals surface area contributed by atoms with Crippen molar-refractivity contribution in [3.8, 4) is 0 Å². The zero-order chi connectivity index (χ0) is 14.6. The second-order valence-corrected chi connectivity index (χ2v) is 6.27. The molecule has 2 aromatic rings. The van der Waals surface area contributed by atoms with Crippen LogP contribution in [0.3, 0.4) is 0 Å². The Kier molecular flexibility index (Phi) is 3.87. The van der Waals surface area contributed by atoms with E-state index in [1.165, 1.54) is 6.07 Å². The van der Waals surface area contributed by atoms with E-state index in [4.69, 9.17) is 0 Å². The van der Waals surface area contributed by atoms with Crippen LogP contribution in [0.25, 0.3) is 16.5 Å². The molecule has 0 fully saturated rings. The summed E-state index contributed by atoms with van der Waals surface area (Å²) in [4.78, 5) is 7.61. The van der Waals surface area contributed by atoms with E-state index < -0.39 is 11.6 Å². The van der Waals surface area contributed by atoms with Crippen molar-refractivity contribution in [2.24, 2.45) is 4.99 Å². The highest BCUT2D eigenvalue weighted by Gasteiger charge is 2.32. The van der Waals surface area contributed by atoms with Crippen LogP contribution in [-0.4, -0.2) is 23.2 Å². The number of benzene rings is 2. The van der Waals surface area contributed by atoms with E-state index in [9.17, 15) is 8.78 Å². The van der Waals surface area contributed by atoms with Gasteiger partial charge in [0.15, 0.2) is 16.8 Å². The van der Waals surface area contributed by atoms with Crippen LogP contribution < -0.4 is 0 Å². The van der Waals surface area contributed by atoms with Gasteiger partial charge in [0.1, 0.15) is 0 Å². The molecule has 2 nitrogen and oxygen atoms in total. The summed E-state index contributed by atoms with van der Waals surface area (Å²) in [5, 5.41) is 2.01. The van der Waals surface area contributed by atoms with Crippen LogP contribution in [0.4, 0.5) is 8.78 Å². The van der Waals surface area contributed by atoms with Gasteiger partial charge in [0.2, 0.25) is 0 Å². The van der Waals surface area contributed by atoms with Gasteiger partial charge in [-0.15, -0.1) is 12.4 Å². The van der Waals surface area contributed by atoms with Gasteiger partial charge in [-0.3, -0.25) is 4.99 Å². The second-order valence-electron chi connectivity index (χ2n) is 5.09. The molecule has 4 rings (SSSR count). The smallest absolute Gasteiger partial charge is 0.168 e. The van der Waals surface area contributed by atoms with Crippen LogP contribution in [0, 0.1) is 11.6 Å². The summed E-state index contributed by atoms with van der Waals surface area (Å²) in [6, 6.07) is 8.33. The van der Waals surface area contributed by atoms with Gasteiger partial charge in [-0.05, 0) is 18.4 Å². The molecule has 2 aliphatic heterocycles. The molecule has 6 heteroatoms. The van der Waals surface area contributed by atoms with E-state index in [2.05, 4.69) is 9.89 Å². The standard InChI is InChI=1S/C16H12F2N2S.ClH/c1-9-15(20-8-7-19-16(20)21-9)11-4-2-3-10-5-6-12(17)14(18)13(10)11;/h2-6H,7-8H2,1H3;1H. The minimum atomic E-state index is -0.811. The highest BCUT2D eigenvalue weighted by molar-refractivity contribution is 8.17. The van der Waals surface area contributed by atoms with Crippen LogP contribution >= 0.6 is 24.2 Å². The number of nitrogens with zero attached hydrogens (tertiary/aromatic N) is 2. The van der Waals surface area contributed by atoms with E-state index in [1.807, 2.05) is 19.1 Å². The molecule has 22 heavy (non-hydrogen) atoms. The largest absolute Gasteiger partial charge is 0.318 e. The number of fused-ring (bicyclic) bond motifs is 2. The van der Waals surface area contributed by atoms with Crippen molar-refractivity contribution in [2.75, 3.05) is 13.1 Å². The first-order valence-electron chi connectivity index (χ1n) is 6.74. The van der Waals surface area contributed by atoms with Crippen molar-refractivity contribution in [3.63, 3.8) is 0 Å². The van der Waals surface area contributed by atoms with Gasteiger partial charge in [0, 0.05) is 22.4 Å². The third kappa shape index (κ3) is 2.11. The average molecular weight is 339 g/mol. The molecule has 2 aromatic carbocycles. The Bertz CT molecular complexity index is 832. The SMILES string of the molecule is CC1=C(c2cccc3ccc(F)c(F)c23)N2CCN=C2S1.Cl. The number of aliphatic imine (C=N–C) groups is 1. The van der Waals surface area contributed by atoms with Crippen LogP contribution in [0.5, 0.6) is 0 Å². The van der Waals surface area contributed by atoms with Crippen molar-refractivity contribution in [1.29, 1.82) is 0 Å². The fourth-order valence-corrected chi connectivity index (χ4v) is 3.98. The van der Waals surface area contributed by atoms with Crippen molar-refractivity contribution in [2.45, 2.75) is 6.92 Å². The summed E-state index contributed by atoms with van der Waals surface area (Å²) in [6.07, 6.45) is 0. The Balaban J connectivity index is 0.00000144. The Hall–Kier alpha value is -1.59. The van der Waals surface area contributed by atoms with Gasteiger partial charge in [0.25, 0.3) is 0 Å². The van der Waals surface area contributed by atoms with Crippen molar-refractivity contribution >= 4 is 45.8 Å². The fourth-order valence-electron chi connectivity index (χ4n) is 2.94. The molecule has 114 valence electrons. The molecule has 0 saturated carbocycles. The number of allylic oxidation sites excluding steroid dienone is 1. The lowest BCUT2D eigenvalue weighted by Crippen LogP contribution is -2.20. The predicted molar refractivity (Wildman–Crippen MR) is 90.3 cm³/mol. The fraction of sp³-hybridized carbons (Fsp3) is 0.188. The lowest BCUT2D eigenvalue weighted by Gasteiger charge is -2.19. The molecule has 0 aliphatic carbocycles. The van der Waals surface area contributed by atoms with Crippen LogP contribution in [0.2, 0.25) is 0 Å². The molecule has 0 N–H and O–H groups in total. The summed E-state index contributed by atoms with van der Waals surface area (Å²) in [5.74, 6) is -1.59. The quantitative estimate of drug-likeness (QED) is 0.752. The van der Waals surface area contributed by atoms with E-state index in [0.717, 1.165) is 34.4 Å². The molecular weight excluding hydrogens is 326 g/mol. The predicted octanol–water partition coefficient (Wildman–Crippen LogP) is 4.65. The monoisotopic (exact) mass is 338 g/mol. The van der Waals surface area contributed by atoms with Gasteiger partial charge in [-0.1, -0.05) is 36.0 Å². The zero-order valence-corrected chi connectivity index (χ0v) is 13.4. The third-order valence-corrected chi connectivity index (χ3v) is 4.87. The molecule has 0 bridgehead atoms. The Morgan fingerprint density at radius 1 is 1.18 bits per heavy atom. The number of hydrogen-bond donors (Lipinski definition) is 0. The molecular formula is C16H13ClF2N2S. The zero-order valence-electron chi connectivity index (χ0n) is 11.8. The van der Waals surface area contributed by atoms with Crippen molar-refractivity contribution < 1.29 is 8.78 Å². The Morgan fingerprint density at radius 2 is 2.00 bits per heavy atom. The molecule has 0 atom stereocenters. The van der Waals surface area contributed by atoms with Gasteiger partial charge in [-0.25, -0.2) is 8.78 Å². The van der Waals surface area contributed by atoms with Gasteiger partial charge in [0.05, 0.1) is 12.2 Å². The topological polar surface area (TPSA) is 15.6 Å². The number of hydrogen-bond acceptors (Lipinski definition) is 3. The lowest BCUT2D eigenvalue weighted by molar-refractivity contribution is 0.516. The molecule has 2 heterocycles. The van der Waals surface area contributed by atoms with E-state index in [-0.39, 0.29) is 12.4 Å². The minimum Gasteiger partial charge on any atom is -0.318 e. The molecule has 2 aliphatic rings. The number of halogens is 3. The molecule has 0 spiro atoms. The molecule has 0 aromatic heterocycles. The maximum atomic E-state index is 14.3. The van der Waals surface area contributed by atoms with Crippen molar-refractivity contribution in [3.05, 3.63) is 52.4 Å².